The van der Waals surface area contributed by atoms with Gasteiger partial charge in [0.2, 0.25) is 0 Å². The number of aryl methyl sites for hydroxylation is 1. The van der Waals surface area contributed by atoms with E-state index < -0.39 is 0 Å². The van der Waals surface area contributed by atoms with Crippen molar-refractivity contribution in [3.8, 4) is 5.75 Å². The van der Waals surface area contributed by atoms with Crippen molar-refractivity contribution in [2.24, 2.45) is 18.0 Å². The number of hydrogen-bond acceptors (Lipinski definition) is 4. The van der Waals surface area contributed by atoms with Crippen molar-refractivity contribution in [3.63, 3.8) is 0 Å². The quantitative estimate of drug-likeness (QED) is 0.612. The summed E-state index contributed by atoms with van der Waals surface area (Å²) in [5, 5.41) is 7.72. The van der Waals surface area contributed by atoms with Gasteiger partial charge in [0.05, 0.1) is 26.0 Å². The van der Waals surface area contributed by atoms with Gasteiger partial charge in [0.15, 0.2) is 5.96 Å². The molecule has 152 valence electrons. The van der Waals surface area contributed by atoms with E-state index in [-0.39, 0.29) is 6.10 Å². The second-order valence-electron chi connectivity index (χ2n) is 7.51. The van der Waals surface area contributed by atoms with Gasteiger partial charge in [-0.15, -0.1) is 0 Å². The van der Waals surface area contributed by atoms with E-state index in [1.807, 2.05) is 38.6 Å². The number of nitrogens with one attached hydrogen (secondary N) is 1. The summed E-state index contributed by atoms with van der Waals surface area (Å²) in [4.78, 5) is 6.70. The maximum atomic E-state index is 5.93. The van der Waals surface area contributed by atoms with Crippen LogP contribution < -0.4 is 10.1 Å². The lowest BCUT2D eigenvalue weighted by Gasteiger charge is -2.34. The zero-order valence-electron chi connectivity index (χ0n) is 17.3. The minimum absolute atomic E-state index is 0.00811. The van der Waals surface area contributed by atoms with Crippen molar-refractivity contribution in [1.82, 2.24) is 20.0 Å². The zero-order valence-corrected chi connectivity index (χ0v) is 17.3. The molecule has 3 rings (SSSR count). The van der Waals surface area contributed by atoms with Gasteiger partial charge in [0.1, 0.15) is 11.9 Å². The number of hydrogen-bond donors (Lipinski definition) is 1. The molecule has 0 amide bonds. The summed E-state index contributed by atoms with van der Waals surface area (Å²) in [5.41, 5.74) is 2.26. The summed E-state index contributed by atoms with van der Waals surface area (Å²) in [7, 11) is 3.74. The molecule has 1 saturated heterocycles. The van der Waals surface area contributed by atoms with Crippen LogP contribution in [0.3, 0.4) is 0 Å². The lowest BCUT2D eigenvalue weighted by atomic mass is 10.1. The summed E-state index contributed by atoms with van der Waals surface area (Å²) < 4.78 is 13.6. The summed E-state index contributed by atoms with van der Waals surface area (Å²) in [6.45, 7) is 7.95. The molecule has 0 saturated carbocycles. The second-order valence-corrected chi connectivity index (χ2v) is 7.51. The van der Waals surface area contributed by atoms with Crippen molar-refractivity contribution in [2.45, 2.75) is 26.5 Å². The Kier molecular flexibility index (Phi) is 6.92. The van der Waals surface area contributed by atoms with Crippen molar-refractivity contribution < 1.29 is 9.47 Å². The minimum atomic E-state index is 0.00811. The number of aromatic nitrogens is 2. The van der Waals surface area contributed by atoms with Crippen molar-refractivity contribution in [1.29, 1.82) is 0 Å². The average Bonchev–Trinajstić information content (AvgIpc) is 3.14. The molecule has 1 atom stereocenters. The maximum Gasteiger partial charge on any atom is 0.194 e. The Bertz CT molecular complexity index is 787. The van der Waals surface area contributed by atoms with E-state index in [4.69, 9.17) is 9.47 Å². The molecule has 0 bridgehead atoms. The maximum absolute atomic E-state index is 5.93. The van der Waals surface area contributed by atoms with Crippen LogP contribution in [0.25, 0.3) is 0 Å². The van der Waals surface area contributed by atoms with Gasteiger partial charge in [-0.3, -0.25) is 9.67 Å². The summed E-state index contributed by atoms with van der Waals surface area (Å²) >= 11 is 0. The van der Waals surface area contributed by atoms with Crippen LogP contribution in [0.5, 0.6) is 5.75 Å². The first-order chi connectivity index (χ1) is 13.5. The molecule has 2 aromatic rings. The highest BCUT2D eigenvalue weighted by Crippen LogP contribution is 2.21. The third kappa shape index (κ3) is 5.48. The predicted octanol–water partition coefficient (Wildman–Crippen LogP) is 2.60. The third-order valence-corrected chi connectivity index (χ3v) is 4.61. The van der Waals surface area contributed by atoms with E-state index in [0.29, 0.717) is 19.1 Å². The molecular formula is C21H31N5O2. The fourth-order valence-corrected chi connectivity index (χ4v) is 3.17. The zero-order chi connectivity index (χ0) is 19.9. The van der Waals surface area contributed by atoms with Crippen LogP contribution in [-0.2, 0) is 18.3 Å². The number of morpholine rings is 1. The van der Waals surface area contributed by atoms with Gasteiger partial charge >= 0.3 is 0 Å². The summed E-state index contributed by atoms with van der Waals surface area (Å²) in [6, 6.07) is 8.21. The Morgan fingerprint density at radius 1 is 1.43 bits per heavy atom. The van der Waals surface area contributed by atoms with Gasteiger partial charge in [-0.1, -0.05) is 26.0 Å². The Morgan fingerprint density at radius 3 is 3.00 bits per heavy atom. The molecule has 1 unspecified atom stereocenters. The SMILES string of the molecule is CN=C(NCc1cccc(OCC(C)C)c1)N1CCOC(c2cnn(C)c2)C1. The Labute approximate surface area is 167 Å². The Balaban J connectivity index is 1.57. The molecule has 2 heterocycles. The Morgan fingerprint density at radius 2 is 2.29 bits per heavy atom. The molecular weight excluding hydrogens is 354 g/mol. The fourth-order valence-electron chi connectivity index (χ4n) is 3.17. The van der Waals surface area contributed by atoms with E-state index in [1.54, 1.807) is 4.68 Å². The molecule has 0 aliphatic carbocycles. The van der Waals surface area contributed by atoms with E-state index in [1.165, 1.54) is 5.56 Å². The summed E-state index contributed by atoms with van der Waals surface area (Å²) in [5.74, 6) is 2.30. The van der Waals surface area contributed by atoms with E-state index in [2.05, 4.69) is 46.3 Å². The minimum Gasteiger partial charge on any atom is -0.493 e. The largest absolute Gasteiger partial charge is 0.493 e. The van der Waals surface area contributed by atoms with Crippen LogP contribution in [0.2, 0.25) is 0 Å². The number of ether oxygens (including phenoxy) is 2. The van der Waals surface area contributed by atoms with Crippen LogP contribution >= 0.6 is 0 Å². The van der Waals surface area contributed by atoms with Crippen LogP contribution in [0, 0.1) is 5.92 Å². The van der Waals surface area contributed by atoms with E-state index in [9.17, 15) is 0 Å². The van der Waals surface area contributed by atoms with E-state index in [0.717, 1.165) is 37.0 Å². The van der Waals surface area contributed by atoms with Crippen LogP contribution in [0.4, 0.5) is 0 Å². The molecule has 28 heavy (non-hydrogen) atoms. The van der Waals surface area contributed by atoms with Gasteiger partial charge in [-0.05, 0) is 23.6 Å². The monoisotopic (exact) mass is 385 g/mol. The molecule has 7 heteroatoms. The lowest BCUT2D eigenvalue weighted by molar-refractivity contribution is -0.00805. The number of guanidine groups is 1. The molecule has 1 aliphatic heterocycles. The molecule has 1 fully saturated rings. The topological polar surface area (TPSA) is 63.9 Å². The van der Waals surface area contributed by atoms with Crippen LogP contribution in [0.1, 0.15) is 31.1 Å². The lowest BCUT2D eigenvalue weighted by Crippen LogP contribution is -2.47. The highest BCUT2D eigenvalue weighted by Gasteiger charge is 2.25. The number of rotatable bonds is 6. The summed E-state index contributed by atoms with van der Waals surface area (Å²) in [6.07, 6.45) is 3.88. The van der Waals surface area contributed by atoms with Gasteiger partial charge in [-0.2, -0.15) is 5.10 Å². The molecule has 0 spiro atoms. The van der Waals surface area contributed by atoms with Crippen molar-refractivity contribution >= 4 is 5.96 Å². The van der Waals surface area contributed by atoms with Crippen LogP contribution in [0.15, 0.2) is 41.7 Å². The standard InChI is InChI=1S/C21H31N5O2/c1-16(2)15-28-19-7-5-6-17(10-19)11-23-21(22-3)26-8-9-27-20(14-26)18-12-24-25(4)13-18/h5-7,10,12-13,16,20H,8-9,11,14-15H2,1-4H3,(H,22,23). The first kappa shape index (κ1) is 20.2. The van der Waals surface area contributed by atoms with Crippen molar-refractivity contribution in [3.05, 3.63) is 47.8 Å². The van der Waals surface area contributed by atoms with E-state index >= 15 is 0 Å². The molecule has 1 aromatic heterocycles. The van der Waals surface area contributed by atoms with Gasteiger partial charge in [0.25, 0.3) is 0 Å². The first-order valence-electron chi connectivity index (χ1n) is 9.82. The number of aliphatic imine (C=N–C) groups is 1. The molecule has 1 N–H and O–H groups in total. The molecule has 7 nitrogen and oxygen atoms in total. The van der Waals surface area contributed by atoms with Gasteiger partial charge in [0, 0.05) is 38.9 Å². The van der Waals surface area contributed by atoms with Crippen molar-refractivity contribution in [2.75, 3.05) is 33.4 Å². The number of benzene rings is 1. The smallest absolute Gasteiger partial charge is 0.194 e. The Hall–Kier alpha value is -2.54. The highest BCUT2D eigenvalue weighted by molar-refractivity contribution is 5.80. The van der Waals surface area contributed by atoms with Crippen LogP contribution in [-0.4, -0.2) is 54.0 Å². The first-order valence-corrected chi connectivity index (χ1v) is 9.82. The fraction of sp³-hybridized carbons (Fsp3) is 0.524. The average molecular weight is 386 g/mol. The molecule has 1 aliphatic rings. The highest BCUT2D eigenvalue weighted by atomic mass is 16.5. The normalized spacial score (nSPS) is 17.8. The molecule has 0 radical (unpaired) electrons. The van der Waals surface area contributed by atoms with Gasteiger partial charge < -0.3 is 19.7 Å². The third-order valence-electron chi connectivity index (χ3n) is 4.61. The predicted molar refractivity (Wildman–Crippen MR) is 110 cm³/mol. The van der Waals surface area contributed by atoms with Gasteiger partial charge in [-0.25, -0.2) is 0 Å². The second kappa shape index (κ2) is 9.59. The molecule has 1 aromatic carbocycles. The number of nitrogens with zero attached hydrogens (tertiary/aromatic N) is 4.